The Bertz CT molecular complexity index is 717. The van der Waals surface area contributed by atoms with Crippen molar-refractivity contribution in [3.8, 4) is 5.69 Å². The number of H-pyrrole nitrogens is 1. The number of carbonyl (C=O) groups excluding carboxylic acids is 1. The SMILES string of the molecule is CC(NC(=O)c1cccc(-n2cccc2)c1)c1cn[nH]c1. The van der Waals surface area contributed by atoms with Crippen LogP contribution in [0.1, 0.15) is 28.9 Å². The van der Waals surface area contributed by atoms with Gasteiger partial charge in [0.15, 0.2) is 0 Å². The second kappa shape index (κ2) is 5.66. The van der Waals surface area contributed by atoms with Crippen molar-refractivity contribution in [2.45, 2.75) is 13.0 Å². The minimum absolute atomic E-state index is 0.0912. The molecule has 21 heavy (non-hydrogen) atoms. The highest BCUT2D eigenvalue weighted by molar-refractivity contribution is 5.95. The Kier molecular flexibility index (Phi) is 3.55. The van der Waals surface area contributed by atoms with E-state index in [0.717, 1.165) is 11.3 Å². The minimum Gasteiger partial charge on any atom is -0.345 e. The van der Waals surface area contributed by atoms with Crippen molar-refractivity contribution in [1.29, 1.82) is 0 Å². The molecule has 0 aliphatic carbocycles. The number of nitrogens with one attached hydrogen (secondary N) is 2. The van der Waals surface area contributed by atoms with Crippen molar-refractivity contribution in [1.82, 2.24) is 20.1 Å². The van der Waals surface area contributed by atoms with Crippen molar-refractivity contribution < 1.29 is 4.79 Å². The van der Waals surface area contributed by atoms with Gasteiger partial charge < -0.3 is 9.88 Å². The summed E-state index contributed by atoms with van der Waals surface area (Å²) in [6, 6.07) is 11.3. The quantitative estimate of drug-likeness (QED) is 0.771. The first kappa shape index (κ1) is 13.2. The summed E-state index contributed by atoms with van der Waals surface area (Å²) in [7, 11) is 0. The second-order valence-electron chi connectivity index (χ2n) is 4.87. The van der Waals surface area contributed by atoms with Crippen molar-refractivity contribution in [3.63, 3.8) is 0 Å². The zero-order valence-electron chi connectivity index (χ0n) is 11.7. The lowest BCUT2D eigenvalue weighted by molar-refractivity contribution is 0.0940. The van der Waals surface area contributed by atoms with Gasteiger partial charge in [0.25, 0.3) is 5.91 Å². The molecule has 5 nitrogen and oxygen atoms in total. The van der Waals surface area contributed by atoms with E-state index in [2.05, 4.69) is 15.5 Å². The standard InChI is InChI=1S/C16H16N4O/c1-12(14-10-17-18-11-14)19-16(21)13-5-4-6-15(9-13)20-7-2-3-8-20/h2-12H,1H3,(H,17,18)(H,19,21). The summed E-state index contributed by atoms with van der Waals surface area (Å²) < 4.78 is 1.97. The first-order valence-corrected chi connectivity index (χ1v) is 6.77. The Morgan fingerprint density at radius 3 is 2.81 bits per heavy atom. The van der Waals surface area contributed by atoms with E-state index in [0.29, 0.717) is 5.56 Å². The van der Waals surface area contributed by atoms with Crippen LogP contribution in [0.4, 0.5) is 0 Å². The molecule has 2 N–H and O–H groups in total. The number of nitrogens with zero attached hydrogens (tertiary/aromatic N) is 2. The molecule has 0 aliphatic heterocycles. The highest BCUT2D eigenvalue weighted by atomic mass is 16.1. The van der Waals surface area contributed by atoms with E-state index in [1.165, 1.54) is 0 Å². The number of hydrogen-bond donors (Lipinski definition) is 2. The number of aromatic amines is 1. The van der Waals surface area contributed by atoms with Crippen LogP contribution in [0.25, 0.3) is 5.69 Å². The predicted molar refractivity (Wildman–Crippen MR) is 80.2 cm³/mol. The van der Waals surface area contributed by atoms with Crippen LogP contribution < -0.4 is 5.32 Å². The lowest BCUT2D eigenvalue weighted by Crippen LogP contribution is -2.26. The number of amides is 1. The molecule has 0 saturated heterocycles. The van der Waals surface area contributed by atoms with E-state index in [1.807, 2.05) is 60.3 Å². The smallest absolute Gasteiger partial charge is 0.251 e. The molecule has 106 valence electrons. The Hall–Kier alpha value is -2.82. The molecule has 0 aliphatic rings. The van der Waals surface area contributed by atoms with E-state index in [4.69, 9.17) is 0 Å². The van der Waals surface area contributed by atoms with Gasteiger partial charge in [-0.2, -0.15) is 5.10 Å². The van der Waals surface area contributed by atoms with Crippen LogP contribution in [0.2, 0.25) is 0 Å². The average molecular weight is 280 g/mol. The van der Waals surface area contributed by atoms with E-state index in [1.54, 1.807) is 12.4 Å². The first-order valence-electron chi connectivity index (χ1n) is 6.77. The number of aromatic nitrogens is 3. The van der Waals surface area contributed by atoms with Gasteiger partial charge in [-0.25, -0.2) is 0 Å². The van der Waals surface area contributed by atoms with Gasteiger partial charge >= 0.3 is 0 Å². The molecule has 1 amide bonds. The number of carbonyl (C=O) groups is 1. The normalized spacial score (nSPS) is 12.0. The minimum atomic E-state index is -0.0993. The highest BCUT2D eigenvalue weighted by Gasteiger charge is 2.12. The molecule has 0 spiro atoms. The molecule has 1 aromatic carbocycles. The van der Waals surface area contributed by atoms with Gasteiger partial charge in [-0.3, -0.25) is 9.89 Å². The molecule has 1 unspecified atom stereocenters. The van der Waals surface area contributed by atoms with Crippen molar-refractivity contribution >= 4 is 5.91 Å². The fourth-order valence-corrected chi connectivity index (χ4v) is 2.18. The molecule has 0 fully saturated rings. The lowest BCUT2D eigenvalue weighted by atomic mass is 10.1. The van der Waals surface area contributed by atoms with Gasteiger partial charge in [-0.05, 0) is 37.3 Å². The second-order valence-corrected chi connectivity index (χ2v) is 4.87. The van der Waals surface area contributed by atoms with E-state index in [-0.39, 0.29) is 11.9 Å². The molecule has 3 aromatic rings. The van der Waals surface area contributed by atoms with Gasteiger partial charge in [0, 0.05) is 35.4 Å². The number of rotatable bonds is 4. The number of hydrogen-bond acceptors (Lipinski definition) is 2. The Balaban J connectivity index is 1.77. The van der Waals surface area contributed by atoms with Crippen LogP contribution in [0.3, 0.4) is 0 Å². The lowest BCUT2D eigenvalue weighted by Gasteiger charge is -2.13. The van der Waals surface area contributed by atoms with Crippen LogP contribution in [0, 0.1) is 0 Å². The highest BCUT2D eigenvalue weighted by Crippen LogP contribution is 2.14. The van der Waals surface area contributed by atoms with E-state index < -0.39 is 0 Å². The molecule has 3 rings (SSSR count). The predicted octanol–water partition coefficient (Wildman–Crippen LogP) is 2.69. The molecular formula is C16H16N4O. The maximum Gasteiger partial charge on any atom is 0.251 e. The molecule has 0 saturated carbocycles. The Morgan fingerprint density at radius 1 is 1.29 bits per heavy atom. The summed E-state index contributed by atoms with van der Waals surface area (Å²) in [6.07, 6.45) is 7.39. The Morgan fingerprint density at radius 2 is 2.10 bits per heavy atom. The molecule has 2 heterocycles. The molecule has 5 heteroatoms. The summed E-state index contributed by atoms with van der Waals surface area (Å²) in [5, 5.41) is 9.60. The summed E-state index contributed by atoms with van der Waals surface area (Å²) >= 11 is 0. The fourth-order valence-electron chi connectivity index (χ4n) is 2.18. The van der Waals surface area contributed by atoms with Crippen molar-refractivity contribution in [2.24, 2.45) is 0 Å². The van der Waals surface area contributed by atoms with Crippen LogP contribution in [-0.4, -0.2) is 20.7 Å². The third kappa shape index (κ3) is 2.86. The molecule has 2 aromatic heterocycles. The molecule has 1 atom stereocenters. The fraction of sp³-hybridized carbons (Fsp3) is 0.125. The average Bonchev–Trinajstić information content (AvgIpc) is 3.20. The summed E-state index contributed by atoms with van der Waals surface area (Å²) in [5.41, 5.74) is 2.55. The largest absolute Gasteiger partial charge is 0.345 e. The summed E-state index contributed by atoms with van der Waals surface area (Å²) in [5.74, 6) is -0.0993. The summed E-state index contributed by atoms with van der Waals surface area (Å²) in [4.78, 5) is 12.3. The van der Waals surface area contributed by atoms with Gasteiger partial charge in [0.2, 0.25) is 0 Å². The third-order valence-corrected chi connectivity index (χ3v) is 3.38. The maximum atomic E-state index is 12.3. The van der Waals surface area contributed by atoms with Crippen molar-refractivity contribution in [2.75, 3.05) is 0 Å². The van der Waals surface area contributed by atoms with E-state index in [9.17, 15) is 4.79 Å². The van der Waals surface area contributed by atoms with Gasteiger partial charge in [0.05, 0.1) is 12.2 Å². The third-order valence-electron chi connectivity index (χ3n) is 3.38. The van der Waals surface area contributed by atoms with Gasteiger partial charge in [-0.1, -0.05) is 6.07 Å². The maximum absolute atomic E-state index is 12.3. The zero-order valence-corrected chi connectivity index (χ0v) is 11.7. The molecule has 0 radical (unpaired) electrons. The number of benzene rings is 1. The molecule has 0 bridgehead atoms. The Labute approximate surface area is 122 Å². The topological polar surface area (TPSA) is 62.7 Å². The van der Waals surface area contributed by atoms with Gasteiger partial charge in [0.1, 0.15) is 0 Å². The zero-order chi connectivity index (χ0) is 14.7. The van der Waals surface area contributed by atoms with Crippen LogP contribution in [0.5, 0.6) is 0 Å². The van der Waals surface area contributed by atoms with Crippen LogP contribution >= 0.6 is 0 Å². The first-order chi connectivity index (χ1) is 10.2. The van der Waals surface area contributed by atoms with Crippen molar-refractivity contribution in [3.05, 3.63) is 72.3 Å². The monoisotopic (exact) mass is 280 g/mol. The van der Waals surface area contributed by atoms with E-state index >= 15 is 0 Å². The van der Waals surface area contributed by atoms with Crippen LogP contribution in [0.15, 0.2) is 61.2 Å². The summed E-state index contributed by atoms with van der Waals surface area (Å²) in [6.45, 7) is 1.93. The molecular weight excluding hydrogens is 264 g/mol. The van der Waals surface area contributed by atoms with Gasteiger partial charge in [-0.15, -0.1) is 0 Å². The van der Waals surface area contributed by atoms with Crippen LogP contribution in [-0.2, 0) is 0 Å².